The molecule has 3 aromatic rings. The van der Waals surface area contributed by atoms with E-state index in [2.05, 4.69) is 20.5 Å². The molecule has 0 spiro atoms. The van der Waals surface area contributed by atoms with Crippen molar-refractivity contribution in [1.82, 2.24) is 15.2 Å². The van der Waals surface area contributed by atoms with Crippen LogP contribution in [-0.2, 0) is 4.79 Å². The molecule has 0 unspecified atom stereocenters. The van der Waals surface area contributed by atoms with Crippen molar-refractivity contribution >= 4 is 35.0 Å². The van der Waals surface area contributed by atoms with Crippen LogP contribution in [0, 0.1) is 6.92 Å². The maximum absolute atomic E-state index is 12.1. The first-order valence-electron chi connectivity index (χ1n) is 7.05. The maximum atomic E-state index is 12.1. The number of pyridine rings is 1. The van der Waals surface area contributed by atoms with Gasteiger partial charge in [-0.2, -0.15) is 0 Å². The lowest BCUT2D eigenvalue weighted by molar-refractivity contribution is -0.113. The van der Waals surface area contributed by atoms with E-state index in [1.165, 1.54) is 11.8 Å². The Hall–Kier alpha value is -2.38. The number of benzene rings is 1. The average Bonchev–Trinajstić information content (AvgIpc) is 3.07. The molecule has 1 N–H and O–H groups in total. The van der Waals surface area contributed by atoms with E-state index in [-0.39, 0.29) is 11.7 Å². The molecule has 0 radical (unpaired) electrons. The number of thioether (sulfide) groups is 1. The van der Waals surface area contributed by atoms with Gasteiger partial charge in [0.2, 0.25) is 11.8 Å². The van der Waals surface area contributed by atoms with E-state index in [1.807, 2.05) is 6.92 Å². The first-order chi connectivity index (χ1) is 11.6. The number of rotatable bonds is 5. The second-order valence-electron chi connectivity index (χ2n) is 4.86. The summed E-state index contributed by atoms with van der Waals surface area (Å²) < 4.78 is 5.53. The van der Waals surface area contributed by atoms with Crippen LogP contribution in [0.15, 0.2) is 52.4 Å². The van der Waals surface area contributed by atoms with Gasteiger partial charge in [0.15, 0.2) is 0 Å². The molecule has 0 aliphatic rings. The monoisotopic (exact) mass is 360 g/mol. The number of aromatic nitrogens is 3. The molecule has 0 saturated heterocycles. The van der Waals surface area contributed by atoms with Crippen LogP contribution in [0.4, 0.5) is 5.69 Å². The van der Waals surface area contributed by atoms with E-state index < -0.39 is 0 Å². The molecule has 0 atom stereocenters. The van der Waals surface area contributed by atoms with Gasteiger partial charge in [0.05, 0.1) is 5.75 Å². The Morgan fingerprint density at radius 2 is 2.04 bits per heavy atom. The van der Waals surface area contributed by atoms with Crippen molar-refractivity contribution in [3.63, 3.8) is 0 Å². The molecule has 2 heterocycles. The minimum Gasteiger partial charge on any atom is -0.411 e. The predicted molar refractivity (Wildman–Crippen MR) is 93.1 cm³/mol. The lowest BCUT2D eigenvalue weighted by Crippen LogP contribution is -2.14. The van der Waals surface area contributed by atoms with Crippen molar-refractivity contribution in [2.24, 2.45) is 0 Å². The van der Waals surface area contributed by atoms with Gasteiger partial charge < -0.3 is 9.73 Å². The molecule has 24 heavy (non-hydrogen) atoms. The fourth-order valence-electron chi connectivity index (χ4n) is 1.94. The minimum absolute atomic E-state index is 0.157. The summed E-state index contributed by atoms with van der Waals surface area (Å²) in [5.74, 6) is 0.379. The van der Waals surface area contributed by atoms with Crippen LogP contribution >= 0.6 is 23.4 Å². The first-order valence-corrected chi connectivity index (χ1v) is 8.41. The molecular weight excluding hydrogens is 348 g/mol. The number of hydrogen-bond donors (Lipinski definition) is 1. The van der Waals surface area contributed by atoms with Crippen molar-refractivity contribution in [2.75, 3.05) is 11.1 Å². The highest BCUT2D eigenvalue weighted by Gasteiger charge is 2.12. The first kappa shape index (κ1) is 16.5. The Morgan fingerprint density at radius 1 is 1.25 bits per heavy atom. The van der Waals surface area contributed by atoms with Crippen molar-refractivity contribution < 1.29 is 9.21 Å². The summed E-state index contributed by atoms with van der Waals surface area (Å²) in [7, 11) is 0. The molecule has 0 bridgehead atoms. The summed E-state index contributed by atoms with van der Waals surface area (Å²) in [6, 6.07) is 8.92. The third-order valence-corrected chi connectivity index (χ3v) is 4.43. The molecule has 122 valence electrons. The van der Waals surface area contributed by atoms with Crippen molar-refractivity contribution in [3.05, 3.63) is 53.3 Å². The number of nitrogens with one attached hydrogen (secondary N) is 1. The molecule has 0 saturated carbocycles. The third-order valence-electron chi connectivity index (χ3n) is 3.20. The van der Waals surface area contributed by atoms with Gasteiger partial charge in [0, 0.05) is 28.7 Å². The van der Waals surface area contributed by atoms with Crippen LogP contribution in [0.3, 0.4) is 0 Å². The van der Waals surface area contributed by atoms with Gasteiger partial charge in [-0.3, -0.25) is 9.78 Å². The Balaban J connectivity index is 1.59. The fourth-order valence-corrected chi connectivity index (χ4v) is 2.67. The van der Waals surface area contributed by atoms with Gasteiger partial charge in [0.25, 0.3) is 5.22 Å². The van der Waals surface area contributed by atoms with Gasteiger partial charge >= 0.3 is 0 Å². The van der Waals surface area contributed by atoms with Crippen LogP contribution in [0.5, 0.6) is 0 Å². The molecule has 1 amide bonds. The predicted octanol–water partition coefficient (Wildman–Crippen LogP) is 3.82. The normalized spacial score (nSPS) is 10.6. The summed E-state index contributed by atoms with van der Waals surface area (Å²) in [5.41, 5.74) is 2.30. The lowest BCUT2D eigenvalue weighted by Gasteiger charge is -2.08. The van der Waals surface area contributed by atoms with E-state index in [1.54, 1.807) is 42.7 Å². The van der Waals surface area contributed by atoms with E-state index in [9.17, 15) is 4.79 Å². The Morgan fingerprint density at radius 3 is 2.83 bits per heavy atom. The zero-order valence-corrected chi connectivity index (χ0v) is 14.3. The Bertz CT molecular complexity index is 854. The van der Waals surface area contributed by atoms with Gasteiger partial charge in [0.1, 0.15) is 0 Å². The van der Waals surface area contributed by atoms with Crippen molar-refractivity contribution in [2.45, 2.75) is 12.1 Å². The highest BCUT2D eigenvalue weighted by Crippen LogP contribution is 2.25. The summed E-state index contributed by atoms with van der Waals surface area (Å²) >= 11 is 7.21. The topological polar surface area (TPSA) is 80.9 Å². The van der Waals surface area contributed by atoms with Crippen molar-refractivity contribution in [3.8, 4) is 11.5 Å². The smallest absolute Gasteiger partial charge is 0.277 e. The average molecular weight is 361 g/mol. The van der Waals surface area contributed by atoms with Crippen LogP contribution < -0.4 is 5.32 Å². The lowest BCUT2D eigenvalue weighted by atomic mass is 10.2. The van der Waals surface area contributed by atoms with Crippen molar-refractivity contribution in [1.29, 1.82) is 0 Å². The second kappa shape index (κ2) is 7.46. The molecule has 0 aliphatic heterocycles. The minimum atomic E-state index is -0.172. The van der Waals surface area contributed by atoms with Crippen LogP contribution in [-0.4, -0.2) is 26.8 Å². The quantitative estimate of drug-likeness (QED) is 0.696. The molecule has 0 fully saturated rings. The Labute approximate surface area is 147 Å². The number of carbonyl (C=O) groups excluding carboxylic acids is 1. The molecular formula is C16H13ClN4O2S. The SMILES string of the molecule is Cc1c(Cl)cccc1NC(=O)CSc1nnc(-c2ccncc2)o1. The number of anilines is 1. The molecule has 3 rings (SSSR count). The van der Waals surface area contributed by atoms with Gasteiger partial charge in [-0.05, 0) is 36.8 Å². The van der Waals surface area contributed by atoms with E-state index in [0.29, 0.717) is 21.8 Å². The molecule has 2 aromatic heterocycles. The molecule has 0 aliphatic carbocycles. The number of carbonyl (C=O) groups is 1. The molecule has 8 heteroatoms. The summed E-state index contributed by atoms with van der Waals surface area (Å²) in [6.45, 7) is 1.85. The molecule has 6 nitrogen and oxygen atoms in total. The van der Waals surface area contributed by atoms with Gasteiger partial charge in [-0.25, -0.2) is 0 Å². The number of nitrogens with zero attached hydrogens (tertiary/aromatic N) is 3. The van der Waals surface area contributed by atoms with Crippen LogP contribution in [0.1, 0.15) is 5.56 Å². The third kappa shape index (κ3) is 3.93. The largest absolute Gasteiger partial charge is 0.411 e. The number of amides is 1. The van der Waals surface area contributed by atoms with E-state index in [4.69, 9.17) is 16.0 Å². The van der Waals surface area contributed by atoms with Crippen LogP contribution in [0.2, 0.25) is 5.02 Å². The second-order valence-corrected chi connectivity index (χ2v) is 6.19. The van der Waals surface area contributed by atoms with Gasteiger partial charge in [-0.1, -0.05) is 29.4 Å². The summed E-state index contributed by atoms with van der Waals surface area (Å²) in [6.07, 6.45) is 3.29. The molecule has 1 aromatic carbocycles. The standard InChI is InChI=1S/C16H13ClN4O2S/c1-10-12(17)3-2-4-13(10)19-14(22)9-24-16-21-20-15(23-16)11-5-7-18-8-6-11/h2-8H,9H2,1H3,(H,19,22). The van der Waals surface area contributed by atoms with Gasteiger partial charge in [-0.15, -0.1) is 10.2 Å². The van der Waals surface area contributed by atoms with E-state index >= 15 is 0 Å². The Kier molecular flexibility index (Phi) is 5.12. The highest BCUT2D eigenvalue weighted by atomic mass is 35.5. The number of hydrogen-bond acceptors (Lipinski definition) is 6. The zero-order chi connectivity index (χ0) is 16.9. The highest BCUT2D eigenvalue weighted by molar-refractivity contribution is 7.99. The maximum Gasteiger partial charge on any atom is 0.277 e. The summed E-state index contributed by atoms with van der Waals surface area (Å²) in [5, 5.41) is 11.6. The van der Waals surface area contributed by atoms with Crippen LogP contribution in [0.25, 0.3) is 11.5 Å². The fraction of sp³-hybridized carbons (Fsp3) is 0.125. The zero-order valence-electron chi connectivity index (χ0n) is 12.7. The summed E-state index contributed by atoms with van der Waals surface area (Å²) in [4.78, 5) is 16.0. The number of halogens is 1. The van der Waals surface area contributed by atoms with E-state index in [0.717, 1.165) is 11.1 Å².